The van der Waals surface area contributed by atoms with E-state index in [1.165, 1.54) is 12.8 Å². The molecule has 1 aliphatic heterocycles. The van der Waals surface area contributed by atoms with Crippen LogP contribution in [0.3, 0.4) is 0 Å². The zero-order valence-corrected chi connectivity index (χ0v) is 11.6. The van der Waals surface area contributed by atoms with Crippen molar-refractivity contribution in [2.24, 2.45) is 0 Å². The number of nitrogens with zero attached hydrogens (tertiary/aromatic N) is 1. The van der Waals surface area contributed by atoms with Gasteiger partial charge in [0.2, 0.25) is 0 Å². The maximum Gasteiger partial charge on any atom is 0.326 e. The van der Waals surface area contributed by atoms with Gasteiger partial charge in [-0.3, -0.25) is 4.57 Å². The van der Waals surface area contributed by atoms with Gasteiger partial charge < -0.3 is 15.0 Å². The predicted molar refractivity (Wildman–Crippen MR) is 79.0 cm³/mol. The lowest BCUT2D eigenvalue weighted by Crippen LogP contribution is -2.27. The Morgan fingerprint density at radius 1 is 1.35 bits per heavy atom. The average Bonchev–Trinajstić information content (AvgIpc) is 3.06. The highest BCUT2D eigenvalue weighted by Gasteiger charge is 2.13. The fourth-order valence-electron chi connectivity index (χ4n) is 2.78. The van der Waals surface area contributed by atoms with Crippen LogP contribution in [-0.2, 0) is 11.3 Å². The number of fused-ring (bicyclic) bond motifs is 1. The molecule has 3 rings (SSSR count). The third kappa shape index (κ3) is 2.94. The Morgan fingerprint density at radius 2 is 2.25 bits per heavy atom. The van der Waals surface area contributed by atoms with Crippen molar-refractivity contribution >= 4 is 11.0 Å². The number of hydrogen-bond donors (Lipinski definition) is 2. The largest absolute Gasteiger partial charge is 0.380 e. The molecule has 5 nitrogen and oxygen atoms in total. The number of benzene rings is 1. The molecule has 0 saturated carbocycles. The first-order chi connectivity index (χ1) is 9.84. The van der Waals surface area contributed by atoms with Gasteiger partial charge in [-0.05, 0) is 37.9 Å². The van der Waals surface area contributed by atoms with Crippen LogP contribution >= 0.6 is 0 Å². The molecule has 0 radical (unpaired) electrons. The van der Waals surface area contributed by atoms with Crippen LogP contribution in [-0.4, -0.2) is 35.4 Å². The highest BCUT2D eigenvalue weighted by molar-refractivity contribution is 5.74. The smallest absolute Gasteiger partial charge is 0.326 e. The summed E-state index contributed by atoms with van der Waals surface area (Å²) in [6, 6.07) is 8.30. The van der Waals surface area contributed by atoms with E-state index in [9.17, 15) is 4.79 Å². The van der Waals surface area contributed by atoms with Gasteiger partial charge in [0, 0.05) is 19.2 Å². The van der Waals surface area contributed by atoms with E-state index in [2.05, 4.69) is 10.3 Å². The van der Waals surface area contributed by atoms with Crippen molar-refractivity contribution in [3.05, 3.63) is 34.7 Å². The lowest BCUT2D eigenvalue weighted by atomic mass is 10.2. The molecule has 2 heterocycles. The molecule has 0 bridgehead atoms. The Bertz CT molecular complexity index is 611. The van der Waals surface area contributed by atoms with Gasteiger partial charge in [0.1, 0.15) is 0 Å². The van der Waals surface area contributed by atoms with Crippen molar-refractivity contribution in [1.82, 2.24) is 14.9 Å². The van der Waals surface area contributed by atoms with E-state index in [0.717, 1.165) is 30.6 Å². The van der Waals surface area contributed by atoms with Crippen molar-refractivity contribution in [1.29, 1.82) is 0 Å². The van der Waals surface area contributed by atoms with Crippen LogP contribution in [0, 0.1) is 0 Å². The topological polar surface area (TPSA) is 59.0 Å². The highest BCUT2D eigenvalue weighted by Crippen LogP contribution is 2.09. The Morgan fingerprint density at radius 3 is 3.10 bits per heavy atom. The minimum Gasteiger partial charge on any atom is -0.380 e. The number of aromatic nitrogens is 2. The lowest BCUT2D eigenvalue weighted by molar-refractivity contribution is 0.111. The number of imidazole rings is 1. The summed E-state index contributed by atoms with van der Waals surface area (Å²) in [6.07, 6.45) is 3.31. The Labute approximate surface area is 117 Å². The fraction of sp³-hybridized carbons (Fsp3) is 0.533. The number of nitrogens with one attached hydrogen (secondary N) is 2. The van der Waals surface area contributed by atoms with Crippen molar-refractivity contribution in [3.63, 3.8) is 0 Å². The summed E-state index contributed by atoms with van der Waals surface area (Å²) in [6.45, 7) is 3.28. The minimum absolute atomic E-state index is 0.0383. The number of ether oxygens (including phenoxy) is 1. The first kappa shape index (κ1) is 13.4. The molecule has 20 heavy (non-hydrogen) atoms. The van der Waals surface area contributed by atoms with Crippen molar-refractivity contribution in [2.45, 2.75) is 31.8 Å². The summed E-state index contributed by atoms with van der Waals surface area (Å²) in [5.74, 6) is 0. The van der Waals surface area contributed by atoms with Gasteiger partial charge in [0.15, 0.2) is 0 Å². The number of rotatable bonds is 6. The number of H-pyrrole nitrogens is 1. The number of aromatic amines is 1. The summed E-state index contributed by atoms with van der Waals surface area (Å²) in [5.41, 5.74) is 1.83. The van der Waals surface area contributed by atoms with Crippen LogP contribution in [0.1, 0.15) is 19.3 Å². The van der Waals surface area contributed by atoms with Gasteiger partial charge in [-0.25, -0.2) is 4.79 Å². The molecule has 1 saturated heterocycles. The van der Waals surface area contributed by atoms with Gasteiger partial charge >= 0.3 is 5.69 Å². The molecule has 0 spiro atoms. The summed E-state index contributed by atoms with van der Waals surface area (Å²) in [7, 11) is 0. The third-order valence-electron chi connectivity index (χ3n) is 3.83. The summed E-state index contributed by atoms with van der Waals surface area (Å²) in [4.78, 5) is 14.7. The Balaban J connectivity index is 1.49. The normalized spacial score (nSPS) is 18.9. The van der Waals surface area contributed by atoms with Crippen LogP contribution in [0.15, 0.2) is 29.1 Å². The van der Waals surface area contributed by atoms with E-state index in [-0.39, 0.29) is 5.69 Å². The molecule has 1 atom stereocenters. The van der Waals surface area contributed by atoms with E-state index in [1.807, 2.05) is 24.3 Å². The monoisotopic (exact) mass is 275 g/mol. The summed E-state index contributed by atoms with van der Waals surface area (Å²) >= 11 is 0. The molecular formula is C15H21N3O2. The molecule has 2 aromatic rings. The number of para-hydroxylation sites is 2. The van der Waals surface area contributed by atoms with Crippen LogP contribution in [0.2, 0.25) is 0 Å². The molecule has 1 aromatic carbocycles. The maximum absolute atomic E-state index is 11.9. The van der Waals surface area contributed by atoms with E-state index < -0.39 is 0 Å². The molecule has 5 heteroatoms. The summed E-state index contributed by atoms with van der Waals surface area (Å²) in [5, 5.41) is 3.41. The standard InChI is InChI=1S/C15H21N3O2/c19-15-17-13-6-1-2-7-14(13)18(15)9-4-10-20-11-12-5-3-8-16-12/h1-2,6-7,12,16H,3-5,8-11H2,(H,17,19). The molecule has 0 amide bonds. The second-order valence-corrected chi connectivity index (χ2v) is 5.32. The minimum atomic E-state index is -0.0383. The fourth-order valence-corrected chi connectivity index (χ4v) is 2.78. The van der Waals surface area contributed by atoms with E-state index in [0.29, 0.717) is 19.2 Å². The van der Waals surface area contributed by atoms with E-state index in [1.54, 1.807) is 4.57 Å². The number of aryl methyl sites for hydroxylation is 1. The van der Waals surface area contributed by atoms with Crippen LogP contribution < -0.4 is 11.0 Å². The lowest BCUT2D eigenvalue weighted by Gasteiger charge is -2.10. The number of hydrogen-bond acceptors (Lipinski definition) is 3. The highest BCUT2D eigenvalue weighted by atomic mass is 16.5. The van der Waals surface area contributed by atoms with Crippen LogP contribution in [0.5, 0.6) is 0 Å². The van der Waals surface area contributed by atoms with Crippen molar-refractivity contribution in [3.8, 4) is 0 Å². The molecule has 0 aliphatic carbocycles. The van der Waals surface area contributed by atoms with Crippen LogP contribution in [0.25, 0.3) is 11.0 Å². The average molecular weight is 275 g/mol. The Hall–Kier alpha value is -1.59. The zero-order valence-electron chi connectivity index (χ0n) is 11.6. The van der Waals surface area contributed by atoms with E-state index in [4.69, 9.17) is 4.74 Å². The van der Waals surface area contributed by atoms with Crippen LogP contribution in [0.4, 0.5) is 0 Å². The first-order valence-electron chi connectivity index (χ1n) is 7.33. The maximum atomic E-state index is 11.9. The molecular weight excluding hydrogens is 254 g/mol. The SMILES string of the molecule is O=c1[nH]c2ccccc2n1CCCOCC1CCCN1. The van der Waals surface area contributed by atoms with Gasteiger partial charge in [-0.2, -0.15) is 0 Å². The van der Waals surface area contributed by atoms with Crippen molar-refractivity contribution in [2.75, 3.05) is 19.8 Å². The van der Waals surface area contributed by atoms with E-state index >= 15 is 0 Å². The molecule has 1 unspecified atom stereocenters. The van der Waals surface area contributed by atoms with Gasteiger partial charge in [0.05, 0.1) is 17.6 Å². The first-order valence-corrected chi connectivity index (χ1v) is 7.33. The predicted octanol–water partition coefficient (Wildman–Crippen LogP) is 1.49. The zero-order chi connectivity index (χ0) is 13.8. The van der Waals surface area contributed by atoms with Gasteiger partial charge in [0.25, 0.3) is 0 Å². The van der Waals surface area contributed by atoms with Gasteiger partial charge in [-0.1, -0.05) is 12.1 Å². The molecule has 2 N–H and O–H groups in total. The Kier molecular flexibility index (Phi) is 4.18. The summed E-state index contributed by atoms with van der Waals surface area (Å²) < 4.78 is 7.46. The second-order valence-electron chi connectivity index (χ2n) is 5.32. The molecule has 1 aromatic heterocycles. The second kappa shape index (κ2) is 6.24. The quantitative estimate of drug-likeness (QED) is 0.785. The van der Waals surface area contributed by atoms with Crippen molar-refractivity contribution < 1.29 is 4.74 Å². The van der Waals surface area contributed by atoms with Gasteiger partial charge in [-0.15, -0.1) is 0 Å². The molecule has 108 valence electrons. The molecule has 1 aliphatic rings. The third-order valence-corrected chi connectivity index (χ3v) is 3.83. The molecule has 1 fully saturated rings.